The van der Waals surface area contributed by atoms with E-state index in [1.165, 1.54) is 5.56 Å². The molecule has 6 nitrogen and oxygen atoms in total. The van der Waals surface area contributed by atoms with E-state index in [2.05, 4.69) is 26.9 Å². The van der Waals surface area contributed by atoms with Crippen molar-refractivity contribution in [2.24, 2.45) is 4.99 Å². The van der Waals surface area contributed by atoms with Gasteiger partial charge in [0.05, 0.1) is 19.0 Å². The lowest BCUT2D eigenvalue weighted by Crippen LogP contribution is -2.37. The van der Waals surface area contributed by atoms with Crippen LogP contribution >= 0.6 is 0 Å². The smallest absolute Gasteiger partial charge is 0.191 e. The molecule has 0 radical (unpaired) electrons. The number of rotatable bonds is 7. The molecule has 0 bridgehead atoms. The molecule has 0 unspecified atom stereocenters. The van der Waals surface area contributed by atoms with Gasteiger partial charge in [-0.3, -0.25) is 4.99 Å². The second-order valence-electron chi connectivity index (χ2n) is 6.04. The van der Waals surface area contributed by atoms with Gasteiger partial charge in [-0.15, -0.1) is 0 Å². The standard InChI is InChI=1S/C21H25N5O/c1-22-21(24-15-18-8-6-7-11-20(18)27-2)23-13-12-17-14-25-26(16-17)19-9-4-3-5-10-19/h3-11,14,16H,12-13,15H2,1-2H3,(H2,22,23,24). The Kier molecular flexibility index (Phi) is 6.46. The lowest BCUT2D eigenvalue weighted by atomic mass is 10.2. The number of methoxy groups -OCH3 is 1. The second kappa shape index (κ2) is 9.43. The lowest BCUT2D eigenvalue weighted by Gasteiger charge is -2.13. The third kappa shape index (κ3) is 5.10. The molecule has 0 atom stereocenters. The summed E-state index contributed by atoms with van der Waals surface area (Å²) in [6.07, 6.45) is 4.82. The van der Waals surface area contributed by atoms with Crippen molar-refractivity contribution in [2.75, 3.05) is 20.7 Å². The molecule has 0 saturated heterocycles. The first-order chi connectivity index (χ1) is 13.3. The Bertz CT molecular complexity index is 873. The van der Waals surface area contributed by atoms with E-state index in [-0.39, 0.29) is 0 Å². The highest BCUT2D eigenvalue weighted by Gasteiger charge is 2.04. The van der Waals surface area contributed by atoms with Crippen LogP contribution in [0.5, 0.6) is 5.75 Å². The second-order valence-corrected chi connectivity index (χ2v) is 6.04. The predicted octanol–water partition coefficient (Wildman–Crippen LogP) is 2.79. The summed E-state index contributed by atoms with van der Waals surface area (Å²) in [6.45, 7) is 1.42. The Morgan fingerprint density at radius 3 is 2.63 bits per heavy atom. The van der Waals surface area contributed by atoms with Crippen LogP contribution in [-0.4, -0.2) is 36.4 Å². The Balaban J connectivity index is 1.48. The number of nitrogens with one attached hydrogen (secondary N) is 2. The summed E-state index contributed by atoms with van der Waals surface area (Å²) in [5, 5.41) is 11.1. The normalized spacial score (nSPS) is 11.3. The first kappa shape index (κ1) is 18.5. The van der Waals surface area contributed by atoms with Gasteiger partial charge in [0.1, 0.15) is 5.75 Å². The maximum Gasteiger partial charge on any atom is 0.191 e. The van der Waals surface area contributed by atoms with Gasteiger partial charge in [0.15, 0.2) is 5.96 Å². The van der Waals surface area contributed by atoms with Gasteiger partial charge < -0.3 is 15.4 Å². The van der Waals surface area contributed by atoms with Gasteiger partial charge in [-0.1, -0.05) is 36.4 Å². The summed E-state index contributed by atoms with van der Waals surface area (Å²) in [6, 6.07) is 18.1. The zero-order valence-corrected chi connectivity index (χ0v) is 15.7. The van der Waals surface area contributed by atoms with Crippen molar-refractivity contribution >= 4 is 5.96 Å². The molecule has 0 aliphatic heterocycles. The van der Waals surface area contributed by atoms with Gasteiger partial charge in [-0.2, -0.15) is 5.10 Å². The number of hydrogen-bond donors (Lipinski definition) is 2. The maximum absolute atomic E-state index is 5.38. The number of ether oxygens (including phenoxy) is 1. The molecule has 0 aliphatic carbocycles. The van der Waals surface area contributed by atoms with E-state index in [0.717, 1.165) is 35.9 Å². The molecular weight excluding hydrogens is 338 g/mol. The molecule has 0 spiro atoms. The van der Waals surface area contributed by atoms with Crippen LogP contribution in [0.1, 0.15) is 11.1 Å². The van der Waals surface area contributed by atoms with E-state index in [1.807, 2.05) is 65.5 Å². The van der Waals surface area contributed by atoms with E-state index in [9.17, 15) is 0 Å². The zero-order chi connectivity index (χ0) is 18.9. The van der Waals surface area contributed by atoms with Crippen LogP contribution in [0.15, 0.2) is 72.0 Å². The van der Waals surface area contributed by atoms with Gasteiger partial charge in [0, 0.05) is 31.9 Å². The van der Waals surface area contributed by atoms with Crippen molar-refractivity contribution in [3.05, 3.63) is 78.1 Å². The first-order valence-corrected chi connectivity index (χ1v) is 8.95. The molecule has 0 aliphatic rings. The zero-order valence-electron chi connectivity index (χ0n) is 15.7. The monoisotopic (exact) mass is 363 g/mol. The SMILES string of the molecule is CN=C(NCCc1cnn(-c2ccccc2)c1)NCc1ccccc1OC. The molecule has 140 valence electrons. The molecular formula is C21H25N5O. The van der Waals surface area contributed by atoms with Crippen molar-refractivity contribution in [1.29, 1.82) is 0 Å². The van der Waals surface area contributed by atoms with Gasteiger partial charge in [-0.25, -0.2) is 4.68 Å². The molecule has 27 heavy (non-hydrogen) atoms. The van der Waals surface area contributed by atoms with Crippen molar-refractivity contribution in [1.82, 2.24) is 20.4 Å². The topological polar surface area (TPSA) is 63.5 Å². The van der Waals surface area contributed by atoms with Gasteiger partial charge in [0.25, 0.3) is 0 Å². The highest BCUT2D eigenvalue weighted by Crippen LogP contribution is 2.16. The summed E-state index contributed by atoms with van der Waals surface area (Å²) >= 11 is 0. The van der Waals surface area contributed by atoms with Crippen molar-refractivity contribution in [2.45, 2.75) is 13.0 Å². The summed E-state index contributed by atoms with van der Waals surface area (Å²) in [4.78, 5) is 4.28. The first-order valence-electron chi connectivity index (χ1n) is 8.95. The number of guanidine groups is 1. The van der Waals surface area contributed by atoms with Gasteiger partial charge >= 0.3 is 0 Å². The Labute approximate surface area is 159 Å². The number of benzene rings is 2. The highest BCUT2D eigenvalue weighted by molar-refractivity contribution is 5.79. The van der Waals surface area contributed by atoms with Crippen molar-refractivity contribution < 1.29 is 4.74 Å². The summed E-state index contributed by atoms with van der Waals surface area (Å²) in [5.41, 5.74) is 3.32. The van der Waals surface area contributed by atoms with E-state index >= 15 is 0 Å². The van der Waals surface area contributed by atoms with Crippen LogP contribution in [-0.2, 0) is 13.0 Å². The average Bonchev–Trinajstić information content (AvgIpc) is 3.20. The fourth-order valence-electron chi connectivity index (χ4n) is 2.78. The van der Waals surface area contributed by atoms with Gasteiger partial charge in [0.2, 0.25) is 0 Å². The van der Waals surface area contributed by atoms with Crippen LogP contribution in [0.3, 0.4) is 0 Å². The summed E-state index contributed by atoms with van der Waals surface area (Å²) in [5.74, 6) is 1.63. The minimum atomic E-state index is 0.648. The summed E-state index contributed by atoms with van der Waals surface area (Å²) in [7, 11) is 3.45. The third-order valence-electron chi connectivity index (χ3n) is 4.23. The number of aromatic nitrogens is 2. The number of aliphatic imine (C=N–C) groups is 1. The van der Waals surface area contributed by atoms with E-state index in [1.54, 1.807) is 14.2 Å². The number of hydrogen-bond acceptors (Lipinski definition) is 3. The Hall–Kier alpha value is -3.28. The van der Waals surface area contributed by atoms with E-state index < -0.39 is 0 Å². The molecule has 1 aromatic heterocycles. The van der Waals surface area contributed by atoms with Gasteiger partial charge in [-0.05, 0) is 30.2 Å². The number of para-hydroxylation sites is 2. The molecule has 0 fully saturated rings. The predicted molar refractivity (Wildman–Crippen MR) is 108 cm³/mol. The van der Waals surface area contributed by atoms with E-state index in [4.69, 9.17) is 4.74 Å². The molecule has 3 rings (SSSR count). The molecule has 0 saturated carbocycles. The molecule has 0 amide bonds. The van der Waals surface area contributed by atoms with Crippen molar-refractivity contribution in [3.8, 4) is 11.4 Å². The van der Waals surface area contributed by atoms with Crippen molar-refractivity contribution in [3.63, 3.8) is 0 Å². The van der Waals surface area contributed by atoms with Crippen LogP contribution in [0, 0.1) is 0 Å². The molecule has 2 aromatic carbocycles. The van der Waals surface area contributed by atoms with Crippen LogP contribution in [0.4, 0.5) is 0 Å². The minimum absolute atomic E-state index is 0.648. The minimum Gasteiger partial charge on any atom is -0.496 e. The maximum atomic E-state index is 5.38. The Morgan fingerprint density at radius 2 is 1.85 bits per heavy atom. The Morgan fingerprint density at radius 1 is 1.07 bits per heavy atom. The lowest BCUT2D eigenvalue weighted by molar-refractivity contribution is 0.409. The highest BCUT2D eigenvalue weighted by atomic mass is 16.5. The quantitative estimate of drug-likeness (QED) is 0.500. The number of nitrogens with zero attached hydrogens (tertiary/aromatic N) is 3. The summed E-state index contributed by atoms with van der Waals surface area (Å²) < 4.78 is 7.27. The molecule has 6 heteroatoms. The average molecular weight is 363 g/mol. The molecule has 1 heterocycles. The molecule has 3 aromatic rings. The van der Waals surface area contributed by atoms with Crippen LogP contribution in [0.2, 0.25) is 0 Å². The van der Waals surface area contributed by atoms with Crippen LogP contribution < -0.4 is 15.4 Å². The van der Waals surface area contributed by atoms with E-state index in [0.29, 0.717) is 6.54 Å². The fourth-order valence-corrected chi connectivity index (χ4v) is 2.78. The fraction of sp³-hybridized carbons (Fsp3) is 0.238. The van der Waals surface area contributed by atoms with Crippen LogP contribution in [0.25, 0.3) is 5.69 Å². The molecule has 2 N–H and O–H groups in total. The third-order valence-corrected chi connectivity index (χ3v) is 4.23. The largest absolute Gasteiger partial charge is 0.496 e.